The van der Waals surface area contributed by atoms with Crippen molar-refractivity contribution in [1.29, 1.82) is 0 Å². The van der Waals surface area contributed by atoms with Crippen molar-refractivity contribution in [2.45, 2.75) is 12.4 Å². The van der Waals surface area contributed by atoms with Crippen LogP contribution in [-0.2, 0) is 12.4 Å². The first-order valence-corrected chi connectivity index (χ1v) is 9.77. The lowest BCUT2D eigenvalue weighted by Crippen LogP contribution is -2.30. The van der Waals surface area contributed by atoms with Gasteiger partial charge in [0.25, 0.3) is 0 Å². The van der Waals surface area contributed by atoms with E-state index in [2.05, 4.69) is 10.6 Å². The molecule has 34 heavy (non-hydrogen) atoms. The number of carbonyl (C=O) groups excluding carboxylic acids is 2. The molecule has 1 aliphatic rings. The molecule has 0 atom stereocenters. The summed E-state index contributed by atoms with van der Waals surface area (Å²) in [5, 5.41) is 4.70. The molecule has 0 aliphatic heterocycles. The van der Waals surface area contributed by atoms with E-state index in [0.29, 0.717) is 0 Å². The predicted octanol–water partition coefficient (Wildman–Crippen LogP) is 6.54. The third kappa shape index (κ3) is 4.26. The van der Waals surface area contributed by atoms with Crippen LogP contribution in [0, 0.1) is 0 Å². The van der Waals surface area contributed by atoms with Crippen molar-refractivity contribution in [3.63, 3.8) is 0 Å². The van der Waals surface area contributed by atoms with E-state index in [1.165, 1.54) is 36.4 Å². The summed E-state index contributed by atoms with van der Waals surface area (Å²) >= 11 is 0. The molecule has 4 nitrogen and oxygen atoms in total. The van der Waals surface area contributed by atoms with Gasteiger partial charge in [0, 0.05) is 11.1 Å². The number of carbonyl (C=O) groups is 2. The van der Waals surface area contributed by atoms with E-state index in [-0.39, 0.29) is 11.1 Å². The number of para-hydroxylation sites is 2. The molecule has 174 valence electrons. The normalized spacial score (nSPS) is 14.2. The molecule has 0 heterocycles. The Balaban J connectivity index is 1.89. The Morgan fingerprint density at radius 3 is 1.18 bits per heavy atom. The third-order valence-corrected chi connectivity index (χ3v) is 5.10. The number of halogens is 6. The fourth-order valence-electron chi connectivity index (χ4n) is 3.56. The van der Waals surface area contributed by atoms with Gasteiger partial charge in [-0.15, -0.1) is 0 Å². The molecule has 0 saturated heterocycles. The minimum atomic E-state index is -4.79. The standard InChI is InChI=1S/C24H14F6N2O2/c25-23(26,27)15-9-3-5-11-17(15)31-19-20(22(34)14-8-2-1-7-13(14)21(19)33)32-18-12-6-4-10-16(18)24(28,29)30/h1-12,31-32H. The number of rotatable bonds is 4. The van der Waals surface area contributed by atoms with Crippen LogP contribution >= 0.6 is 0 Å². The van der Waals surface area contributed by atoms with Crippen molar-refractivity contribution >= 4 is 22.9 Å². The molecule has 3 aromatic carbocycles. The molecule has 1 aliphatic carbocycles. The third-order valence-electron chi connectivity index (χ3n) is 5.10. The molecule has 0 aromatic heterocycles. The lowest BCUT2D eigenvalue weighted by Gasteiger charge is -2.25. The Labute approximate surface area is 188 Å². The van der Waals surface area contributed by atoms with Crippen LogP contribution in [-0.4, -0.2) is 11.6 Å². The molecule has 0 saturated carbocycles. The zero-order valence-electron chi connectivity index (χ0n) is 17.0. The smallest absolute Gasteiger partial charge is 0.350 e. The zero-order valence-corrected chi connectivity index (χ0v) is 17.0. The maximum atomic E-state index is 13.5. The summed E-state index contributed by atoms with van der Waals surface area (Å²) in [6.07, 6.45) is -9.58. The fourth-order valence-corrected chi connectivity index (χ4v) is 3.56. The highest BCUT2D eigenvalue weighted by molar-refractivity contribution is 6.28. The van der Waals surface area contributed by atoms with Crippen LogP contribution in [0.4, 0.5) is 37.7 Å². The number of alkyl halides is 6. The number of allylic oxidation sites excluding steroid dienone is 2. The maximum absolute atomic E-state index is 13.5. The first-order valence-electron chi connectivity index (χ1n) is 9.77. The topological polar surface area (TPSA) is 58.2 Å². The number of nitrogens with one attached hydrogen (secondary N) is 2. The Morgan fingerprint density at radius 1 is 0.500 bits per heavy atom. The summed E-state index contributed by atoms with van der Waals surface area (Å²) in [7, 11) is 0. The molecule has 0 spiro atoms. The van der Waals surface area contributed by atoms with Gasteiger partial charge in [0.2, 0.25) is 11.6 Å². The number of Topliss-reactive ketones (excluding diaryl/α,β-unsaturated/α-hetero) is 2. The minimum Gasteiger partial charge on any atom is -0.350 e. The van der Waals surface area contributed by atoms with Gasteiger partial charge in [0.1, 0.15) is 11.4 Å². The van der Waals surface area contributed by atoms with Crippen molar-refractivity contribution in [1.82, 2.24) is 0 Å². The van der Waals surface area contributed by atoms with E-state index in [4.69, 9.17) is 0 Å². The Morgan fingerprint density at radius 2 is 0.824 bits per heavy atom. The monoisotopic (exact) mass is 476 g/mol. The predicted molar refractivity (Wildman–Crippen MR) is 112 cm³/mol. The van der Waals surface area contributed by atoms with Gasteiger partial charge in [0.05, 0.1) is 22.5 Å². The van der Waals surface area contributed by atoms with Gasteiger partial charge in [-0.1, -0.05) is 48.5 Å². The van der Waals surface area contributed by atoms with Gasteiger partial charge >= 0.3 is 12.4 Å². The van der Waals surface area contributed by atoms with Crippen molar-refractivity contribution < 1.29 is 35.9 Å². The average Bonchev–Trinajstić information content (AvgIpc) is 2.79. The largest absolute Gasteiger partial charge is 0.418 e. The summed E-state index contributed by atoms with van der Waals surface area (Å²) in [5.41, 5.74) is -4.67. The molecule has 10 heteroatoms. The summed E-state index contributed by atoms with van der Waals surface area (Å²) in [6, 6.07) is 14.1. The van der Waals surface area contributed by atoms with Gasteiger partial charge in [-0.3, -0.25) is 9.59 Å². The molecule has 0 unspecified atom stereocenters. The molecular weight excluding hydrogens is 462 g/mol. The van der Waals surface area contributed by atoms with E-state index in [9.17, 15) is 35.9 Å². The second-order valence-electron chi connectivity index (χ2n) is 7.29. The van der Waals surface area contributed by atoms with Crippen LogP contribution in [0.5, 0.6) is 0 Å². The maximum Gasteiger partial charge on any atom is 0.418 e. The molecule has 2 N–H and O–H groups in total. The fraction of sp³-hybridized carbons (Fsp3) is 0.0833. The molecule has 0 fully saturated rings. The van der Waals surface area contributed by atoms with Gasteiger partial charge in [-0.05, 0) is 24.3 Å². The Kier molecular flexibility index (Phi) is 5.68. The molecule has 4 rings (SSSR count). The first kappa shape index (κ1) is 23.1. The van der Waals surface area contributed by atoms with Crippen LogP contribution in [0.2, 0.25) is 0 Å². The Hall–Kier alpha value is -4.08. The summed E-state index contributed by atoms with van der Waals surface area (Å²) in [6.45, 7) is 0. The van der Waals surface area contributed by atoms with Crippen LogP contribution in [0.15, 0.2) is 84.2 Å². The number of hydrogen-bond donors (Lipinski definition) is 2. The molecular formula is C24H14F6N2O2. The van der Waals surface area contributed by atoms with E-state index < -0.39 is 57.8 Å². The van der Waals surface area contributed by atoms with Gasteiger partial charge in [0.15, 0.2) is 0 Å². The highest BCUT2D eigenvalue weighted by Crippen LogP contribution is 2.38. The lowest BCUT2D eigenvalue weighted by molar-refractivity contribution is -0.137. The van der Waals surface area contributed by atoms with E-state index in [0.717, 1.165) is 36.4 Å². The number of benzene rings is 3. The van der Waals surface area contributed by atoms with Crippen LogP contribution in [0.3, 0.4) is 0 Å². The minimum absolute atomic E-state index is 0.0888. The van der Waals surface area contributed by atoms with Crippen LogP contribution in [0.25, 0.3) is 0 Å². The number of ketones is 2. The second kappa shape index (κ2) is 8.36. The quantitative estimate of drug-likeness (QED) is 0.420. The van der Waals surface area contributed by atoms with Gasteiger partial charge in [-0.2, -0.15) is 26.3 Å². The number of anilines is 2. The van der Waals surface area contributed by atoms with Crippen molar-refractivity contribution in [3.8, 4) is 0 Å². The van der Waals surface area contributed by atoms with Crippen LogP contribution in [0.1, 0.15) is 31.8 Å². The van der Waals surface area contributed by atoms with Crippen molar-refractivity contribution in [2.24, 2.45) is 0 Å². The number of hydrogen-bond acceptors (Lipinski definition) is 4. The lowest BCUT2D eigenvalue weighted by atomic mass is 9.89. The number of fused-ring (bicyclic) bond motifs is 1. The first-order chi connectivity index (χ1) is 16.0. The molecule has 0 amide bonds. The van der Waals surface area contributed by atoms with Crippen molar-refractivity contribution in [3.05, 3.63) is 106 Å². The molecule has 0 radical (unpaired) electrons. The average molecular weight is 476 g/mol. The SMILES string of the molecule is O=C1C(Nc2ccccc2C(F)(F)F)=C(Nc2ccccc2C(F)(F)F)C(=O)c2ccccc21. The zero-order chi connectivity index (χ0) is 24.7. The Bertz CT molecular complexity index is 1220. The van der Waals surface area contributed by atoms with Crippen molar-refractivity contribution in [2.75, 3.05) is 10.6 Å². The van der Waals surface area contributed by atoms with Crippen LogP contribution < -0.4 is 10.6 Å². The van der Waals surface area contributed by atoms with E-state index in [1.54, 1.807) is 0 Å². The summed E-state index contributed by atoms with van der Waals surface area (Å²) < 4.78 is 81.0. The second-order valence-corrected chi connectivity index (χ2v) is 7.29. The summed E-state index contributed by atoms with van der Waals surface area (Å²) in [5.74, 6) is -1.70. The van der Waals surface area contributed by atoms with E-state index in [1.807, 2.05) is 0 Å². The highest BCUT2D eigenvalue weighted by Gasteiger charge is 2.38. The molecule has 3 aromatic rings. The van der Waals surface area contributed by atoms with Gasteiger partial charge < -0.3 is 10.6 Å². The summed E-state index contributed by atoms with van der Waals surface area (Å²) in [4.78, 5) is 26.4. The molecule has 0 bridgehead atoms. The highest BCUT2D eigenvalue weighted by atomic mass is 19.4. The van der Waals surface area contributed by atoms with E-state index >= 15 is 0 Å². The van der Waals surface area contributed by atoms with Gasteiger partial charge in [-0.25, -0.2) is 0 Å².